The van der Waals surface area contributed by atoms with E-state index in [0.29, 0.717) is 5.56 Å². The number of benzene rings is 2. The number of anilines is 1. The Balaban J connectivity index is 0.000000196. The number of fused-ring (bicyclic) bond motifs is 1. The molecule has 2 aromatic heterocycles. The van der Waals surface area contributed by atoms with Crippen LogP contribution in [0.4, 0.5) is 18.9 Å². The monoisotopic (exact) mass is 455 g/mol. The SMILES string of the molecule is CNc1cc(-c2cn3cc(C)cnc3n2)ccc1C.NCc1ccc(C=O)c(C(F)(F)F)c1. The van der Waals surface area contributed by atoms with Gasteiger partial charge in [0.05, 0.1) is 11.3 Å². The van der Waals surface area contributed by atoms with Crippen LogP contribution in [0.3, 0.4) is 0 Å². The fourth-order valence-corrected chi connectivity index (χ4v) is 3.26. The Morgan fingerprint density at radius 3 is 2.52 bits per heavy atom. The van der Waals surface area contributed by atoms with Gasteiger partial charge in [0, 0.05) is 49.0 Å². The molecule has 3 N–H and O–H groups in total. The van der Waals surface area contributed by atoms with E-state index in [1.165, 1.54) is 11.6 Å². The molecule has 0 atom stereocenters. The molecule has 2 aromatic carbocycles. The summed E-state index contributed by atoms with van der Waals surface area (Å²) >= 11 is 0. The zero-order chi connectivity index (χ0) is 24.2. The summed E-state index contributed by atoms with van der Waals surface area (Å²) in [6.07, 6.45) is 1.55. The van der Waals surface area contributed by atoms with Crippen LogP contribution in [0.15, 0.2) is 55.0 Å². The molecule has 0 amide bonds. The van der Waals surface area contributed by atoms with Crippen molar-refractivity contribution in [1.82, 2.24) is 14.4 Å². The minimum absolute atomic E-state index is 0.0161. The number of nitrogens with one attached hydrogen (secondary N) is 1. The van der Waals surface area contributed by atoms with E-state index >= 15 is 0 Å². The quantitative estimate of drug-likeness (QED) is 0.422. The number of halogens is 3. The van der Waals surface area contributed by atoms with Gasteiger partial charge in [-0.1, -0.05) is 24.3 Å². The molecule has 0 unspecified atom stereocenters. The third kappa shape index (κ3) is 5.56. The third-order valence-corrected chi connectivity index (χ3v) is 5.03. The molecule has 0 aliphatic carbocycles. The summed E-state index contributed by atoms with van der Waals surface area (Å²) in [7, 11) is 1.93. The average molecular weight is 455 g/mol. The highest BCUT2D eigenvalue weighted by molar-refractivity contribution is 5.77. The van der Waals surface area contributed by atoms with Crippen molar-refractivity contribution >= 4 is 17.8 Å². The Morgan fingerprint density at radius 2 is 1.88 bits per heavy atom. The summed E-state index contributed by atoms with van der Waals surface area (Å²) < 4.78 is 39.0. The molecule has 0 saturated carbocycles. The minimum Gasteiger partial charge on any atom is -0.388 e. The zero-order valence-corrected chi connectivity index (χ0v) is 18.4. The molecule has 0 bridgehead atoms. The summed E-state index contributed by atoms with van der Waals surface area (Å²) in [6.45, 7) is 4.13. The van der Waals surface area contributed by atoms with E-state index in [2.05, 4.69) is 40.4 Å². The van der Waals surface area contributed by atoms with Crippen LogP contribution in [-0.2, 0) is 12.7 Å². The Bertz CT molecular complexity index is 1280. The van der Waals surface area contributed by atoms with Crippen molar-refractivity contribution in [3.05, 3.63) is 82.8 Å². The van der Waals surface area contributed by atoms with Gasteiger partial charge in [0.25, 0.3) is 0 Å². The summed E-state index contributed by atoms with van der Waals surface area (Å²) in [6, 6.07) is 9.72. The van der Waals surface area contributed by atoms with Crippen molar-refractivity contribution in [2.45, 2.75) is 26.6 Å². The third-order valence-electron chi connectivity index (χ3n) is 5.03. The van der Waals surface area contributed by atoms with E-state index in [4.69, 9.17) is 5.73 Å². The standard InChI is InChI=1S/C15H16N4.C9H8F3NO/c1-10-7-17-15-18-14(9-19(15)8-10)12-5-4-11(2)13(6-12)16-3;10-9(11,12)8-3-6(4-13)1-2-7(8)5-14/h4-9,16H,1-3H3;1-3,5H,4,13H2. The van der Waals surface area contributed by atoms with Gasteiger partial charge in [0.1, 0.15) is 0 Å². The lowest BCUT2D eigenvalue weighted by Gasteiger charge is -2.10. The van der Waals surface area contributed by atoms with Crippen LogP contribution in [0, 0.1) is 13.8 Å². The van der Waals surface area contributed by atoms with Crippen LogP contribution in [0.2, 0.25) is 0 Å². The topological polar surface area (TPSA) is 85.3 Å². The summed E-state index contributed by atoms with van der Waals surface area (Å²) in [4.78, 5) is 19.2. The molecule has 0 saturated heterocycles. The van der Waals surface area contributed by atoms with Crippen LogP contribution in [-0.4, -0.2) is 27.7 Å². The molecule has 33 heavy (non-hydrogen) atoms. The van der Waals surface area contributed by atoms with Gasteiger partial charge < -0.3 is 11.1 Å². The predicted molar refractivity (Wildman–Crippen MR) is 122 cm³/mol. The number of aldehydes is 1. The highest BCUT2D eigenvalue weighted by atomic mass is 19.4. The molecule has 0 fully saturated rings. The van der Waals surface area contributed by atoms with Crippen LogP contribution in [0.25, 0.3) is 17.0 Å². The minimum atomic E-state index is -4.51. The number of alkyl halides is 3. The lowest BCUT2D eigenvalue weighted by molar-refractivity contribution is -0.137. The van der Waals surface area contributed by atoms with Crippen molar-refractivity contribution in [1.29, 1.82) is 0 Å². The van der Waals surface area contributed by atoms with Gasteiger partial charge in [-0.05, 0) is 42.7 Å². The van der Waals surface area contributed by atoms with Gasteiger partial charge in [-0.25, -0.2) is 9.97 Å². The molecule has 4 aromatic rings. The highest BCUT2D eigenvalue weighted by Crippen LogP contribution is 2.32. The molecular weight excluding hydrogens is 431 g/mol. The number of aryl methyl sites for hydroxylation is 2. The Morgan fingerprint density at radius 1 is 1.12 bits per heavy atom. The summed E-state index contributed by atoms with van der Waals surface area (Å²) in [5, 5.41) is 3.20. The average Bonchev–Trinajstić information content (AvgIpc) is 3.22. The zero-order valence-electron chi connectivity index (χ0n) is 18.4. The van der Waals surface area contributed by atoms with Crippen LogP contribution < -0.4 is 11.1 Å². The van der Waals surface area contributed by atoms with Crippen molar-refractivity contribution in [3.63, 3.8) is 0 Å². The van der Waals surface area contributed by atoms with Gasteiger partial charge in [-0.15, -0.1) is 0 Å². The fourth-order valence-electron chi connectivity index (χ4n) is 3.26. The molecule has 0 aliphatic heterocycles. The Labute approximate surface area is 189 Å². The van der Waals surface area contributed by atoms with Crippen molar-refractivity contribution < 1.29 is 18.0 Å². The first kappa shape index (κ1) is 23.9. The second-order valence-electron chi connectivity index (χ2n) is 7.49. The van der Waals surface area contributed by atoms with Crippen LogP contribution >= 0.6 is 0 Å². The normalized spacial score (nSPS) is 11.1. The van der Waals surface area contributed by atoms with Gasteiger partial charge >= 0.3 is 6.18 Å². The summed E-state index contributed by atoms with van der Waals surface area (Å²) in [5.41, 5.74) is 9.75. The van der Waals surface area contributed by atoms with E-state index < -0.39 is 11.7 Å². The number of carbonyl (C=O) groups is 1. The Hall–Kier alpha value is -3.72. The second kappa shape index (κ2) is 9.83. The number of aromatic nitrogens is 3. The van der Waals surface area contributed by atoms with Crippen molar-refractivity contribution in [3.8, 4) is 11.3 Å². The molecule has 0 spiro atoms. The first-order chi connectivity index (χ1) is 15.7. The maximum atomic E-state index is 12.4. The number of carbonyl (C=O) groups excluding carboxylic acids is 1. The van der Waals surface area contributed by atoms with E-state index in [0.717, 1.165) is 40.4 Å². The maximum Gasteiger partial charge on any atom is 0.417 e. The fraction of sp³-hybridized carbons (Fsp3) is 0.208. The first-order valence-corrected chi connectivity index (χ1v) is 10.1. The van der Waals surface area contributed by atoms with E-state index in [1.54, 1.807) is 0 Å². The van der Waals surface area contributed by atoms with E-state index in [1.807, 2.05) is 37.0 Å². The molecule has 6 nitrogen and oxygen atoms in total. The molecule has 2 heterocycles. The van der Waals surface area contributed by atoms with Gasteiger partial charge in [-0.2, -0.15) is 13.2 Å². The number of nitrogens with zero attached hydrogens (tertiary/aromatic N) is 3. The number of hydrogen-bond acceptors (Lipinski definition) is 5. The molecule has 9 heteroatoms. The van der Waals surface area contributed by atoms with Crippen LogP contribution in [0.5, 0.6) is 0 Å². The number of nitrogens with two attached hydrogens (primary N) is 1. The Kier molecular flexibility index (Phi) is 7.13. The van der Waals surface area contributed by atoms with E-state index in [-0.39, 0.29) is 18.4 Å². The molecule has 172 valence electrons. The van der Waals surface area contributed by atoms with Crippen molar-refractivity contribution in [2.75, 3.05) is 12.4 Å². The van der Waals surface area contributed by atoms with Gasteiger partial charge in [0.2, 0.25) is 5.78 Å². The summed E-state index contributed by atoms with van der Waals surface area (Å²) in [5.74, 6) is 0.729. The molecule has 0 radical (unpaired) electrons. The second-order valence-corrected chi connectivity index (χ2v) is 7.49. The van der Waals surface area contributed by atoms with Gasteiger partial charge in [0.15, 0.2) is 6.29 Å². The van der Waals surface area contributed by atoms with Crippen LogP contribution in [0.1, 0.15) is 32.6 Å². The number of imidazole rings is 1. The number of rotatable bonds is 4. The predicted octanol–water partition coefficient (Wildman–Crippen LogP) is 5.03. The lowest BCUT2D eigenvalue weighted by atomic mass is 10.0. The maximum absolute atomic E-state index is 12.4. The smallest absolute Gasteiger partial charge is 0.388 e. The molecule has 0 aliphatic rings. The molecular formula is C24H24F3N5O. The molecule has 4 rings (SSSR count). The number of hydrogen-bond donors (Lipinski definition) is 2. The first-order valence-electron chi connectivity index (χ1n) is 10.1. The largest absolute Gasteiger partial charge is 0.417 e. The van der Waals surface area contributed by atoms with Crippen molar-refractivity contribution in [2.24, 2.45) is 5.73 Å². The van der Waals surface area contributed by atoms with Gasteiger partial charge in [-0.3, -0.25) is 9.20 Å². The lowest BCUT2D eigenvalue weighted by Crippen LogP contribution is -2.10. The highest BCUT2D eigenvalue weighted by Gasteiger charge is 2.33. The van der Waals surface area contributed by atoms with E-state index in [9.17, 15) is 18.0 Å².